The van der Waals surface area contributed by atoms with Gasteiger partial charge in [-0.3, -0.25) is 9.78 Å². The fourth-order valence-electron chi connectivity index (χ4n) is 3.01. The van der Waals surface area contributed by atoms with Crippen molar-refractivity contribution in [3.63, 3.8) is 0 Å². The van der Waals surface area contributed by atoms with Gasteiger partial charge in [-0.2, -0.15) is 0 Å². The number of pyridine rings is 1. The summed E-state index contributed by atoms with van der Waals surface area (Å²) in [5.74, 6) is -0.218. The van der Waals surface area contributed by atoms with Crippen molar-refractivity contribution in [2.24, 2.45) is 0 Å². The quantitative estimate of drug-likeness (QED) is 0.407. The van der Waals surface area contributed by atoms with Gasteiger partial charge in [0.1, 0.15) is 23.0 Å². The van der Waals surface area contributed by atoms with Crippen LogP contribution in [0.5, 0.6) is 0 Å². The highest BCUT2D eigenvalue weighted by Crippen LogP contribution is 2.18. The van der Waals surface area contributed by atoms with E-state index < -0.39 is 0 Å². The Morgan fingerprint density at radius 3 is 2.73 bits per heavy atom. The van der Waals surface area contributed by atoms with E-state index in [1.807, 2.05) is 12.1 Å². The lowest BCUT2D eigenvalue weighted by molar-refractivity contribution is 0.0988. The first-order valence-electron chi connectivity index (χ1n) is 9.31. The first kappa shape index (κ1) is 19.3. The summed E-state index contributed by atoms with van der Waals surface area (Å²) >= 11 is 0. The number of hydrogen-bond acceptors (Lipinski definition) is 6. The molecule has 0 spiro atoms. The van der Waals surface area contributed by atoms with Gasteiger partial charge in [-0.1, -0.05) is 12.1 Å². The lowest BCUT2D eigenvalue weighted by Crippen LogP contribution is -2.09. The Morgan fingerprint density at radius 1 is 1.10 bits per heavy atom. The van der Waals surface area contributed by atoms with E-state index in [1.54, 1.807) is 42.9 Å². The van der Waals surface area contributed by atoms with Crippen molar-refractivity contribution < 1.29 is 9.18 Å². The lowest BCUT2D eigenvalue weighted by Gasteiger charge is -2.10. The Labute approximate surface area is 172 Å². The third-order valence-corrected chi connectivity index (χ3v) is 4.59. The minimum Gasteiger partial charge on any atom is -0.382 e. The van der Waals surface area contributed by atoms with E-state index in [2.05, 4.69) is 25.3 Å². The summed E-state index contributed by atoms with van der Waals surface area (Å²) in [6, 6.07) is 11.9. The van der Waals surface area contributed by atoms with Crippen molar-refractivity contribution in [2.45, 2.75) is 13.0 Å². The number of nitrogens with one attached hydrogen (secondary N) is 2. The summed E-state index contributed by atoms with van der Waals surface area (Å²) < 4.78 is 14.2. The Bertz CT molecular complexity index is 1160. The Kier molecular flexibility index (Phi) is 5.47. The van der Waals surface area contributed by atoms with Crippen molar-refractivity contribution in [1.82, 2.24) is 19.9 Å². The predicted octanol–water partition coefficient (Wildman–Crippen LogP) is 3.63. The monoisotopic (exact) mass is 402 g/mol. The SMILES string of the molecule is Nc1ncccc1NCc1cc(CC(=O)c2cnc(-c3ccc[nH]3)cn2)ccc1F. The molecule has 4 rings (SSSR count). The van der Waals surface area contributed by atoms with E-state index >= 15 is 0 Å². The van der Waals surface area contributed by atoms with Gasteiger partial charge in [0.15, 0.2) is 5.78 Å². The summed E-state index contributed by atoms with van der Waals surface area (Å²) in [4.78, 5) is 28.1. The van der Waals surface area contributed by atoms with E-state index in [0.717, 1.165) is 5.69 Å². The Balaban J connectivity index is 1.44. The molecule has 8 heteroatoms. The highest BCUT2D eigenvalue weighted by atomic mass is 19.1. The molecule has 0 saturated carbocycles. The average molecular weight is 402 g/mol. The minimum atomic E-state index is -0.365. The molecular weight excluding hydrogens is 383 g/mol. The third kappa shape index (κ3) is 4.33. The summed E-state index contributed by atoms with van der Waals surface area (Å²) in [5.41, 5.74) is 9.27. The summed E-state index contributed by atoms with van der Waals surface area (Å²) in [6.07, 6.45) is 6.48. The Hall–Kier alpha value is -4.07. The van der Waals surface area contributed by atoms with Crippen LogP contribution in [0.15, 0.2) is 67.3 Å². The van der Waals surface area contributed by atoms with Crippen LogP contribution in [-0.2, 0) is 13.0 Å². The normalized spacial score (nSPS) is 10.7. The molecule has 1 aromatic carbocycles. The lowest BCUT2D eigenvalue weighted by atomic mass is 10.0. The minimum absolute atomic E-state index is 0.0961. The zero-order chi connectivity index (χ0) is 20.9. The van der Waals surface area contributed by atoms with Crippen LogP contribution in [0.1, 0.15) is 21.6 Å². The van der Waals surface area contributed by atoms with Gasteiger partial charge >= 0.3 is 0 Å². The molecular formula is C22H19FN6O. The molecule has 0 unspecified atom stereocenters. The number of H-pyrrole nitrogens is 1. The molecule has 150 valence electrons. The number of hydrogen-bond donors (Lipinski definition) is 3. The van der Waals surface area contributed by atoms with Crippen LogP contribution in [0, 0.1) is 5.82 Å². The molecule has 0 fully saturated rings. The number of rotatable bonds is 7. The number of aromatic nitrogens is 4. The maximum Gasteiger partial charge on any atom is 0.187 e. The number of carbonyl (C=O) groups excluding carboxylic acids is 1. The van der Waals surface area contributed by atoms with E-state index in [4.69, 9.17) is 5.73 Å². The smallest absolute Gasteiger partial charge is 0.187 e. The second kappa shape index (κ2) is 8.52. The highest BCUT2D eigenvalue weighted by molar-refractivity contribution is 5.95. The number of anilines is 2. The number of ketones is 1. The maximum absolute atomic E-state index is 14.2. The molecule has 0 saturated heterocycles. The van der Waals surface area contributed by atoms with E-state index in [9.17, 15) is 9.18 Å². The van der Waals surface area contributed by atoms with Crippen LogP contribution in [0.3, 0.4) is 0 Å². The van der Waals surface area contributed by atoms with E-state index in [1.165, 1.54) is 12.3 Å². The van der Waals surface area contributed by atoms with Crippen LogP contribution in [0.2, 0.25) is 0 Å². The Morgan fingerprint density at radius 2 is 2.00 bits per heavy atom. The predicted molar refractivity (Wildman–Crippen MR) is 112 cm³/mol. The van der Waals surface area contributed by atoms with Gasteiger partial charge in [-0.05, 0) is 35.9 Å². The molecule has 3 aromatic heterocycles. The molecule has 0 radical (unpaired) electrons. The van der Waals surface area contributed by atoms with Crippen LogP contribution in [-0.4, -0.2) is 25.7 Å². The van der Waals surface area contributed by atoms with E-state index in [0.29, 0.717) is 28.3 Å². The molecule has 0 bridgehead atoms. The molecule has 7 nitrogen and oxygen atoms in total. The third-order valence-electron chi connectivity index (χ3n) is 4.59. The van der Waals surface area contributed by atoms with Crippen molar-refractivity contribution >= 4 is 17.3 Å². The van der Waals surface area contributed by atoms with Gasteiger partial charge in [0, 0.05) is 30.9 Å². The maximum atomic E-state index is 14.2. The number of nitrogens with zero attached hydrogens (tertiary/aromatic N) is 3. The van der Waals surface area contributed by atoms with Crippen molar-refractivity contribution in [1.29, 1.82) is 0 Å². The fraction of sp³-hybridized carbons (Fsp3) is 0.0909. The van der Waals surface area contributed by atoms with Crippen LogP contribution < -0.4 is 11.1 Å². The second-order valence-electron chi connectivity index (χ2n) is 6.69. The number of benzene rings is 1. The van der Waals surface area contributed by atoms with Crippen molar-refractivity contribution in [3.05, 3.63) is 89.9 Å². The van der Waals surface area contributed by atoms with Gasteiger partial charge in [0.25, 0.3) is 0 Å². The molecule has 4 aromatic rings. The van der Waals surface area contributed by atoms with Gasteiger partial charge in [-0.15, -0.1) is 0 Å². The standard InChI is InChI=1S/C22H19FN6O/c23-16-6-5-14(9-15(16)11-27-18-4-2-8-26-22(18)24)10-21(30)20-13-28-19(12-29-20)17-3-1-7-25-17/h1-9,12-13,25,27H,10-11H2,(H2,24,26). The van der Waals surface area contributed by atoms with Crippen LogP contribution in [0.25, 0.3) is 11.4 Å². The van der Waals surface area contributed by atoms with Gasteiger partial charge in [-0.25, -0.2) is 14.4 Å². The molecule has 0 atom stereocenters. The summed E-state index contributed by atoms with van der Waals surface area (Å²) in [7, 11) is 0. The highest BCUT2D eigenvalue weighted by Gasteiger charge is 2.12. The summed E-state index contributed by atoms with van der Waals surface area (Å²) in [6.45, 7) is 0.217. The van der Waals surface area contributed by atoms with Crippen molar-refractivity contribution in [3.8, 4) is 11.4 Å². The number of nitrogens with two attached hydrogens (primary N) is 1. The van der Waals surface area contributed by atoms with Gasteiger partial charge < -0.3 is 16.0 Å². The zero-order valence-corrected chi connectivity index (χ0v) is 16.0. The van der Waals surface area contributed by atoms with E-state index in [-0.39, 0.29) is 30.3 Å². The molecule has 0 aliphatic rings. The van der Waals surface area contributed by atoms with Gasteiger partial charge in [0.2, 0.25) is 0 Å². The molecule has 0 aliphatic carbocycles. The molecule has 3 heterocycles. The number of nitrogen functional groups attached to an aromatic ring is 1. The molecule has 30 heavy (non-hydrogen) atoms. The molecule has 0 amide bonds. The number of Topliss-reactive ketones (excluding diaryl/α,β-unsaturated/α-hetero) is 1. The molecule has 0 aliphatic heterocycles. The number of carbonyl (C=O) groups is 1. The van der Waals surface area contributed by atoms with Crippen LogP contribution in [0.4, 0.5) is 15.9 Å². The fourth-order valence-corrected chi connectivity index (χ4v) is 3.01. The average Bonchev–Trinajstić information content (AvgIpc) is 3.30. The first-order chi connectivity index (χ1) is 14.6. The topological polar surface area (TPSA) is 110 Å². The first-order valence-corrected chi connectivity index (χ1v) is 9.31. The van der Waals surface area contributed by atoms with Gasteiger partial charge in [0.05, 0.1) is 23.8 Å². The molecule has 4 N–H and O–H groups in total. The largest absolute Gasteiger partial charge is 0.382 e. The number of halogens is 1. The van der Waals surface area contributed by atoms with Crippen LogP contribution >= 0.6 is 0 Å². The second-order valence-corrected chi connectivity index (χ2v) is 6.69. The zero-order valence-electron chi connectivity index (χ0n) is 16.0. The van der Waals surface area contributed by atoms with Crippen molar-refractivity contribution in [2.75, 3.05) is 11.1 Å². The number of aromatic amines is 1. The summed E-state index contributed by atoms with van der Waals surface area (Å²) in [5, 5.41) is 3.06.